The molecule has 0 atom stereocenters. The number of methoxy groups -OCH3 is 1. The predicted octanol–water partition coefficient (Wildman–Crippen LogP) is 2.49. The fraction of sp³-hybridized carbons (Fsp3) is 0.389. The summed E-state index contributed by atoms with van der Waals surface area (Å²) in [7, 11) is 1.66. The number of nitrogens with zero attached hydrogens (tertiary/aromatic N) is 5. The molecule has 0 radical (unpaired) electrons. The Bertz CT molecular complexity index is 854. The van der Waals surface area contributed by atoms with Gasteiger partial charge in [0.25, 0.3) is 0 Å². The second kappa shape index (κ2) is 6.58. The molecule has 2 aromatic heterocycles. The summed E-state index contributed by atoms with van der Waals surface area (Å²) < 4.78 is 12.9. The van der Waals surface area contributed by atoms with Crippen molar-refractivity contribution in [1.29, 1.82) is 0 Å². The fourth-order valence-corrected chi connectivity index (χ4v) is 3.19. The summed E-state index contributed by atoms with van der Waals surface area (Å²) in [6.07, 6.45) is 3.67. The van der Waals surface area contributed by atoms with E-state index in [0.29, 0.717) is 0 Å². The minimum absolute atomic E-state index is 0.222. The van der Waals surface area contributed by atoms with Gasteiger partial charge in [-0.3, -0.25) is 0 Å². The first-order valence-corrected chi connectivity index (χ1v) is 8.46. The van der Waals surface area contributed by atoms with E-state index >= 15 is 0 Å². The third-order valence-electron chi connectivity index (χ3n) is 4.55. The van der Waals surface area contributed by atoms with Crippen LogP contribution in [-0.4, -0.2) is 46.1 Å². The first-order chi connectivity index (χ1) is 12.2. The van der Waals surface area contributed by atoms with Gasteiger partial charge >= 0.3 is 0 Å². The van der Waals surface area contributed by atoms with Crippen LogP contribution in [0, 0.1) is 6.92 Å². The zero-order valence-corrected chi connectivity index (χ0v) is 14.4. The van der Waals surface area contributed by atoms with Crippen molar-refractivity contribution in [2.75, 3.05) is 25.1 Å². The summed E-state index contributed by atoms with van der Waals surface area (Å²) in [6.45, 7) is 3.89. The van der Waals surface area contributed by atoms with Crippen LogP contribution in [0.4, 0.5) is 5.82 Å². The number of piperidine rings is 1. The van der Waals surface area contributed by atoms with E-state index in [4.69, 9.17) is 9.47 Å². The lowest BCUT2D eigenvalue weighted by molar-refractivity contribution is 0.170. The Morgan fingerprint density at radius 1 is 1.08 bits per heavy atom. The van der Waals surface area contributed by atoms with E-state index in [0.717, 1.165) is 54.5 Å². The molecule has 1 aromatic carbocycles. The molecule has 7 nitrogen and oxygen atoms in total. The van der Waals surface area contributed by atoms with Gasteiger partial charge in [-0.1, -0.05) is 0 Å². The van der Waals surface area contributed by atoms with E-state index in [1.165, 1.54) is 6.33 Å². The second-order valence-corrected chi connectivity index (χ2v) is 6.24. The Kier molecular flexibility index (Phi) is 4.13. The van der Waals surface area contributed by atoms with Crippen molar-refractivity contribution >= 4 is 11.5 Å². The van der Waals surface area contributed by atoms with Gasteiger partial charge in [-0.05, 0) is 42.8 Å². The van der Waals surface area contributed by atoms with Crippen LogP contribution in [0.5, 0.6) is 11.5 Å². The van der Waals surface area contributed by atoms with Crippen LogP contribution >= 0.6 is 0 Å². The van der Waals surface area contributed by atoms with E-state index in [-0.39, 0.29) is 6.10 Å². The van der Waals surface area contributed by atoms with Crippen LogP contribution in [0.2, 0.25) is 0 Å². The van der Waals surface area contributed by atoms with Crippen molar-refractivity contribution in [2.24, 2.45) is 0 Å². The van der Waals surface area contributed by atoms with Gasteiger partial charge in [0.05, 0.1) is 7.11 Å². The zero-order valence-electron chi connectivity index (χ0n) is 14.4. The fourth-order valence-electron chi connectivity index (χ4n) is 3.19. The Balaban J connectivity index is 1.40. The Labute approximate surface area is 146 Å². The number of aromatic nitrogens is 4. The quantitative estimate of drug-likeness (QED) is 0.728. The molecule has 0 amide bonds. The standard InChI is InChI=1S/C18H21N5O2/c1-13-11-17-19-12-20-23(17)21-18(13)22-9-7-16(8-10-22)25-15-5-3-14(24-2)4-6-15/h3-6,11-12,16H,7-10H2,1-2H3. The molecule has 0 saturated carbocycles. The van der Waals surface area contributed by atoms with Crippen LogP contribution in [0.25, 0.3) is 5.65 Å². The van der Waals surface area contributed by atoms with Crippen LogP contribution in [0.15, 0.2) is 36.7 Å². The van der Waals surface area contributed by atoms with Crippen molar-refractivity contribution < 1.29 is 9.47 Å². The second-order valence-electron chi connectivity index (χ2n) is 6.24. The third-order valence-corrected chi connectivity index (χ3v) is 4.55. The number of aryl methyl sites for hydroxylation is 1. The Morgan fingerprint density at radius 3 is 2.52 bits per heavy atom. The molecule has 4 rings (SSSR count). The first kappa shape index (κ1) is 15.7. The molecule has 0 spiro atoms. The largest absolute Gasteiger partial charge is 0.497 e. The maximum atomic E-state index is 6.10. The van der Waals surface area contributed by atoms with Gasteiger partial charge in [-0.25, -0.2) is 4.98 Å². The van der Waals surface area contributed by atoms with E-state index in [1.54, 1.807) is 11.7 Å². The maximum Gasteiger partial charge on any atom is 0.176 e. The molecular formula is C18H21N5O2. The van der Waals surface area contributed by atoms with E-state index < -0.39 is 0 Å². The van der Waals surface area contributed by atoms with Gasteiger partial charge in [-0.2, -0.15) is 0 Å². The monoisotopic (exact) mass is 339 g/mol. The minimum atomic E-state index is 0.222. The highest BCUT2D eigenvalue weighted by Gasteiger charge is 2.23. The molecule has 1 aliphatic heterocycles. The molecule has 0 aliphatic carbocycles. The molecule has 1 fully saturated rings. The van der Waals surface area contributed by atoms with Crippen LogP contribution < -0.4 is 14.4 Å². The topological polar surface area (TPSA) is 64.8 Å². The van der Waals surface area contributed by atoms with Gasteiger partial charge in [0.1, 0.15) is 23.9 Å². The first-order valence-electron chi connectivity index (χ1n) is 8.46. The van der Waals surface area contributed by atoms with E-state index in [1.807, 2.05) is 30.3 Å². The molecule has 3 aromatic rings. The van der Waals surface area contributed by atoms with Gasteiger partial charge < -0.3 is 14.4 Å². The van der Waals surface area contributed by atoms with Crippen molar-refractivity contribution in [3.8, 4) is 11.5 Å². The lowest BCUT2D eigenvalue weighted by atomic mass is 10.1. The third kappa shape index (κ3) is 3.22. The summed E-state index contributed by atoms with van der Waals surface area (Å²) in [4.78, 5) is 6.47. The average molecular weight is 339 g/mol. The molecule has 0 N–H and O–H groups in total. The molecule has 1 saturated heterocycles. The molecule has 0 bridgehead atoms. The van der Waals surface area contributed by atoms with Crippen molar-refractivity contribution in [2.45, 2.75) is 25.9 Å². The van der Waals surface area contributed by atoms with Gasteiger partial charge in [0.15, 0.2) is 11.5 Å². The molecule has 1 aliphatic rings. The van der Waals surface area contributed by atoms with Crippen molar-refractivity contribution in [3.05, 3.63) is 42.2 Å². The lowest BCUT2D eigenvalue weighted by Gasteiger charge is -2.33. The smallest absolute Gasteiger partial charge is 0.176 e. The van der Waals surface area contributed by atoms with Gasteiger partial charge in [0.2, 0.25) is 0 Å². The molecule has 130 valence electrons. The number of hydrogen-bond acceptors (Lipinski definition) is 6. The van der Waals surface area contributed by atoms with Crippen molar-refractivity contribution in [3.63, 3.8) is 0 Å². The predicted molar refractivity (Wildman–Crippen MR) is 94.4 cm³/mol. The van der Waals surface area contributed by atoms with E-state index in [9.17, 15) is 0 Å². The summed E-state index contributed by atoms with van der Waals surface area (Å²) in [6, 6.07) is 9.77. The molecule has 7 heteroatoms. The minimum Gasteiger partial charge on any atom is -0.497 e. The number of hydrogen-bond donors (Lipinski definition) is 0. The number of benzene rings is 1. The van der Waals surface area contributed by atoms with Crippen LogP contribution in [0.3, 0.4) is 0 Å². The summed E-state index contributed by atoms with van der Waals surface area (Å²) in [5, 5.41) is 8.73. The molecule has 0 unspecified atom stereocenters. The number of anilines is 1. The maximum absolute atomic E-state index is 6.10. The Morgan fingerprint density at radius 2 is 1.80 bits per heavy atom. The highest BCUT2D eigenvalue weighted by Crippen LogP contribution is 2.25. The summed E-state index contributed by atoms with van der Waals surface area (Å²) >= 11 is 0. The normalized spacial score (nSPS) is 15.5. The van der Waals surface area contributed by atoms with E-state index in [2.05, 4.69) is 27.0 Å². The lowest BCUT2D eigenvalue weighted by Crippen LogP contribution is -2.39. The highest BCUT2D eigenvalue weighted by molar-refractivity contribution is 5.52. The van der Waals surface area contributed by atoms with Crippen LogP contribution in [-0.2, 0) is 0 Å². The van der Waals surface area contributed by atoms with Crippen molar-refractivity contribution in [1.82, 2.24) is 19.8 Å². The molecule has 3 heterocycles. The number of rotatable bonds is 4. The van der Waals surface area contributed by atoms with Crippen LogP contribution in [0.1, 0.15) is 18.4 Å². The zero-order chi connectivity index (χ0) is 17.2. The molecule has 25 heavy (non-hydrogen) atoms. The summed E-state index contributed by atoms with van der Waals surface area (Å²) in [5.74, 6) is 2.70. The SMILES string of the molecule is COc1ccc(OC2CCN(c3nn4ncnc4cc3C)CC2)cc1. The Hall–Kier alpha value is -2.83. The summed E-state index contributed by atoms with van der Waals surface area (Å²) in [5.41, 5.74) is 1.90. The van der Waals surface area contributed by atoms with Gasteiger partial charge in [0, 0.05) is 25.9 Å². The van der Waals surface area contributed by atoms with Gasteiger partial charge in [-0.15, -0.1) is 14.8 Å². The average Bonchev–Trinajstić information content (AvgIpc) is 3.09. The highest BCUT2D eigenvalue weighted by atomic mass is 16.5. The number of ether oxygens (including phenoxy) is 2. The molecular weight excluding hydrogens is 318 g/mol. The number of fused-ring (bicyclic) bond motifs is 1.